The molecular formula is C13H10BNO3. The van der Waals surface area contributed by atoms with E-state index in [0.717, 1.165) is 21.8 Å². The molecule has 18 heavy (non-hydrogen) atoms. The zero-order valence-electron chi connectivity index (χ0n) is 9.45. The number of benzene rings is 2. The minimum atomic E-state index is -1.83. The molecule has 2 N–H and O–H groups in total. The van der Waals surface area contributed by atoms with E-state index in [1.807, 2.05) is 36.4 Å². The fraction of sp³-hybridized carbons (Fsp3) is 0. The van der Waals surface area contributed by atoms with Crippen LogP contribution in [0.2, 0.25) is 0 Å². The van der Waals surface area contributed by atoms with Crippen molar-refractivity contribution in [2.45, 2.75) is 0 Å². The Balaban J connectivity index is 2.29. The van der Waals surface area contributed by atoms with Crippen molar-refractivity contribution in [3.05, 3.63) is 48.5 Å². The Kier molecular flexibility index (Phi) is 2.62. The molecule has 0 saturated heterocycles. The van der Waals surface area contributed by atoms with Crippen LogP contribution in [0.15, 0.2) is 48.5 Å². The van der Waals surface area contributed by atoms with E-state index in [9.17, 15) is 0 Å². The molecule has 0 radical (unpaired) electrons. The fourth-order valence-electron chi connectivity index (χ4n) is 1.99. The van der Waals surface area contributed by atoms with Crippen LogP contribution in [0.1, 0.15) is 0 Å². The molecule has 5 heteroatoms. The summed E-state index contributed by atoms with van der Waals surface area (Å²) in [6.45, 7) is 0. The van der Waals surface area contributed by atoms with Gasteiger partial charge in [0.15, 0.2) is 0 Å². The minimum absolute atomic E-state index is 0.403. The van der Waals surface area contributed by atoms with Crippen molar-refractivity contribution in [2.24, 2.45) is 0 Å². The Morgan fingerprint density at radius 3 is 2.56 bits per heavy atom. The van der Waals surface area contributed by atoms with E-state index in [1.165, 1.54) is 0 Å². The quantitative estimate of drug-likeness (QED) is 0.528. The molecule has 1 heterocycles. The smallest absolute Gasteiger partial charge is 0.511 e. The van der Waals surface area contributed by atoms with E-state index in [0.29, 0.717) is 5.75 Å². The highest BCUT2D eigenvalue weighted by molar-refractivity contribution is 6.34. The molecular weight excluding hydrogens is 229 g/mol. The average Bonchev–Trinajstić information content (AvgIpc) is 2.36. The molecule has 0 unspecified atom stereocenters. The van der Waals surface area contributed by atoms with Gasteiger partial charge in [0.05, 0.1) is 11.0 Å². The van der Waals surface area contributed by atoms with Gasteiger partial charge in [0.2, 0.25) is 0 Å². The number of para-hydroxylation sites is 1. The molecule has 0 fully saturated rings. The molecule has 0 bridgehead atoms. The Morgan fingerprint density at radius 2 is 1.72 bits per heavy atom. The lowest BCUT2D eigenvalue weighted by atomic mass is 10.1. The number of nitrogens with zero attached hydrogens (tertiary/aromatic N) is 1. The van der Waals surface area contributed by atoms with Crippen LogP contribution < -0.4 is 4.65 Å². The summed E-state index contributed by atoms with van der Waals surface area (Å²) in [5, 5.41) is 19.5. The molecule has 1 aromatic heterocycles. The van der Waals surface area contributed by atoms with Gasteiger partial charge < -0.3 is 14.7 Å². The number of fused-ring (bicyclic) bond motifs is 2. The Bertz CT molecular complexity index is 715. The molecule has 0 aliphatic carbocycles. The molecule has 0 amide bonds. The van der Waals surface area contributed by atoms with Gasteiger partial charge >= 0.3 is 7.32 Å². The van der Waals surface area contributed by atoms with E-state index < -0.39 is 7.32 Å². The molecule has 0 spiro atoms. The number of hydrogen-bond donors (Lipinski definition) is 2. The maximum atomic E-state index is 8.89. The summed E-state index contributed by atoms with van der Waals surface area (Å²) in [6, 6.07) is 15.0. The largest absolute Gasteiger partial charge is 0.707 e. The summed E-state index contributed by atoms with van der Waals surface area (Å²) < 4.78 is 4.95. The molecule has 0 aliphatic heterocycles. The SMILES string of the molecule is OB(O)Oc1cccc2nc3ccccc3cc12. The maximum absolute atomic E-state index is 8.89. The van der Waals surface area contributed by atoms with Crippen LogP contribution in [0.4, 0.5) is 0 Å². The van der Waals surface area contributed by atoms with Crippen molar-refractivity contribution in [3.8, 4) is 5.75 Å². The summed E-state index contributed by atoms with van der Waals surface area (Å²) in [4.78, 5) is 4.50. The van der Waals surface area contributed by atoms with Crippen LogP contribution in [0.3, 0.4) is 0 Å². The topological polar surface area (TPSA) is 62.6 Å². The molecule has 2 aromatic carbocycles. The van der Waals surface area contributed by atoms with Gasteiger partial charge in [0, 0.05) is 10.8 Å². The highest BCUT2D eigenvalue weighted by Gasteiger charge is 2.13. The molecule has 3 aromatic rings. The van der Waals surface area contributed by atoms with Gasteiger partial charge in [-0.05, 0) is 24.3 Å². The van der Waals surface area contributed by atoms with Crippen molar-refractivity contribution in [1.29, 1.82) is 0 Å². The number of pyridine rings is 1. The maximum Gasteiger partial charge on any atom is 0.707 e. The summed E-state index contributed by atoms with van der Waals surface area (Å²) in [6.07, 6.45) is 0. The molecule has 88 valence electrons. The van der Waals surface area contributed by atoms with Crippen LogP contribution in [-0.2, 0) is 0 Å². The Morgan fingerprint density at radius 1 is 0.944 bits per heavy atom. The standard InChI is InChI=1S/C13H10BNO3/c16-14(17)18-13-7-3-6-12-10(13)8-9-4-1-2-5-11(9)15-12/h1-8,16-17H. The number of hydrogen-bond acceptors (Lipinski definition) is 4. The van der Waals surface area contributed by atoms with Gasteiger partial charge in [0.1, 0.15) is 5.75 Å². The lowest BCUT2D eigenvalue weighted by Crippen LogP contribution is -2.20. The molecule has 4 nitrogen and oxygen atoms in total. The fourth-order valence-corrected chi connectivity index (χ4v) is 1.99. The van der Waals surface area contributed by atoms with Gasteiger partial charge in [-0.3, -0.25) is 0 Å². The first-order valence-electron chi connectivity index (χ1n) is 5.55. The van der Waals surface area contributed by atoms with Crippen molar-refractivity contribution in [1.82, 2.24) is 4.98 Å². The predicted molar refractivity (Wildman–Crippen MR) is 70.1 cm³/mol. The van der Waals surface area contributed by atoms with E-state index in [2.05, 4.69) is 4.98 Å². The number of rotatable bonds is 2. The van der Waals surface area contributed by atoms with Crippen molar-refractivity contribution in [3.63, 3.8) is 0 Å². The number of aromatic nitrogens is 1. The molecule has 0 aliphatic rings. The van der Waals surface area contributed by atoms with Gasteiger partial charge in [-0.15, -0.1) is 0 Å². The third-order valence-electron chi connectivity index (χ3n) is 2.75. The Hall–Kier alpha value is -2.11. The third kappa shape index (κ3) is 1.90. The molecule has 0 atom stereocenters. The summed E-state index contributed by atoms with van der Waals surface area (Å²) in [5.74, 6) is 0.403. The normalized spacial score (nSPS) is 10.8. The molecule has 0 saturated carbocycles. The second-order valence-corrected chi connectivity index (χ2v) is 3.95. The van der Waals surface area contributed by atoms with Crippen LogP contribution >= 0.6 is 0 Å². The molecule has 3 rings (SSSR count). The lowest BCUT2D eigenvalue weighted by molar-refractivity contribution is 0.289. The first-order valence-corrected chi connectivity index (χ1v) is 5.55. The van der Waals surface area contributed by atoms with Gasteiger partial charge in [-0.1, -0.05) is 24.3 Å². The van der Waals surface area contributed by atoms with E-state index >= 15 is 0 Å². The Labute approximate surface area is 104 Å². The minimum Gasteiger partial charge on any atom is -0.511 e. The van der Waals surface area contributed by atoms with Gasteiger partial charge in [0.25, 0.3) is 0 Å². The first kappa shape index (κ1) is 11.0. The second-order valence-electron chi connectivity index (χ2n) is 3.95. The highest BCUT2D eigenvalue weighted by Crippen LogP contribution is 2.27. The monoisotopic (exact) mass is 239 g/mol. The zero-order chi connectivity index (χ0) is 12.5. The third-order valence-corrected chi connectivity index (χ3v) is 2.75. The van der Waals surface area contributed by atoms with Crippen LogP contribution in [0.5, 0.6) is 5.75 Å². The summed E-state index contributed by atoms with van der Waals surface area (Å²) >= 11 is 0. The summed E-state index contributed by atoms with van der Waals surface area (Å²) in [5.41, 5.74) is 1.65. The van der Waals surface area contributed by atoms with Crippen LogP contribution in [-0.4, -0.2) is 22.4 Å². The van der Waals surface area contributed by atoms with E-state index in [4.69, 9.17) is 14.7 Å². The zero-order valence-corrected chi connectivity index (χ0v) is 9.45. The van der Waals surface area contributed by atoms with Gasteiger partial charge in [-0.25, -0.2) is 4.98 Å². The average molecular weight is 239 g/mol. The lowest BCUT2D eigenvalue weighted by Gasteiger charge is -2.09. The highest BCUT2D eigenvalue weighted by atomic mass is 16.6. The summed E-state index contributed by atoms with van der Waals surface area (Å²) in [7, 11) is -1.83. The van der Waals surface area contributed by atoms with Crippen LogP contribution in [0.25, 0.3) is 21.8 Å². The van der Waals surface area contributed by atoms with Gasteiger partial charge in [-0.2, -0.15) is 0 Å². The van der Waals surface area contributed by atoms with Crippen molar-refractivity contribution in [2.75, 3.05) is 0 Å². The van der Waals surface area contributed by atoms with E-state index in [-0.39, 0.29) is 0 Å². The van der Waals surface area contributed by atoms with E-state index in [1.54, 1.807) is 12.1 Å². The predicted octanol–water partition coefficient (Wildman–Crippen LogP) is 1.74. The van der Waals surface area contributed by atoms with Crippen molar-refractivity contribution >= 4 is 29.1 Å². The van der Waals surface area contributed by atoms with Crippen molar-refractivity contribution < 1.29 is 14.7 Å². The van der Waals surface area contributed by atoms with Crippen LogP contribution in [0, 0.1) is 0 Å². The first-order chi connectivity index (χ1) is 8.74. The second kappa shape index (κ2) is 4.29.